The van der Waals surface area contributed by atoms with Crippen LogP contribution in [0.4, 0.5) is 0 Å². The number of nitrogens with one attached hydrogen (secondary N) is 1. The predicted molar refractivity (Wildman–Crippen MR) is 255 cm³/mol. The molecule has 352 valence electrons. The lowest BCUT2D eigenvalue weighted by Crippen LogP contribution is -2.46. The molecule has 0 aromatic heterocycles. The van der Waals surface area contributed by atoms with E-state index in [2.05, 4.69) is 26.1 Å². The van der Waals surface area contributed by atoms with Crippen LogP contribution in [0.25, 0.3) is 0 Å². The molecule has 0 spiro atoms. The van der Waals surface area contributed by atoms with Crippen LogP contribution in [0.3, 0.4) is 0 Å². The van der Waals surface area contributed by atoms with Crippen LogP contribution in [-0.2, 0) is 14.3 Å². The van der Waals surface area contributed by atoms with E-state index < -0.39 is 18.2 Å². The molecule has 6 nitrogen and oxygen atoms in total. The first-order valence-electron chi connectivity index (χ1n) is 26.8. The zero-order valence-corrected chi connectivity index (χ0v) is 40.2. The Morgan fingerprint density at radius 2 is 0.712 bits per heavy atom. The van der Waals surface area contributed by atoms with E-state index in [0.717, 1.165) is 38.5 Å². The lowest BCUT2D eigenvalue weighted by atomic mass is 10.0. The molecule has 0 saturated heterocycles. The number of rotatable bonds is 49. The van der Waals surface area contributed by atoms with Gasteiger partial charge in [-0.3, -0.25) is 9.59 Å². The molecule has 0 radical (unpaired) electrons. The molecule has 0 rings (SSSR count). The number of esters is 1. The van der Waals surface area contributed by atoms with E-state index in [4.69, 9.17) is 4.74 Å². The molecular weight excluding hydrogens is 731 g/mol. The van der Waals surface area contributed by atoms with Gasteiger partial charge in [0.1, 0.15) is 6.10 Å². The lowest BCUT2D eigenvalue weighted by Gasteiger charge is -2.24. The summed E-state index contributed by atoms with van der Waals surface area (Å²) in [5.74, 6) is -0.449. The highest BCUT2D eigenvalue weighted by Gasteiger charge is 2.24. The molecule has 3 N–H and O–H groups in total. The van der Waals surface area contributed by atoms with Crippen molar-refractivity contribution in [1.29, 1.82) is 0 Å². The molecule has 0 aliphatic heterocycles. The number of hydrogen-bond donors (Lipinski definition) is 3. The van der Waals surface area contributed by atoms with Gasteiger partial charge in [0.2, 0.25) is 5.91 Å². The standard InChI is InChI=1S/C53H105NO5/c1-4-7-10-13-16-19-22-24-26-27-29-31-34-37-40-43-46-53(58)59-49(44-41-38-35-32-30-28-25-23-20-17-14-11-8-5-2)47-52(57)54-50(48-55)51(56)45-42-39-36-33-21-18-15-12-9-6-3/h49-51,55-56H,4-48H2,1-3H3,(H,54,57). The summed E-state index contributed by atoms with van der Waals surface area (Å²) in [6.07, 6.45) is 51.6. The summed E-state index contributed by atoms with van der Waals surface area (Å²) >= 11 is 0. The summed E-state index contributed by atoms with van der Waals surface area (Å²) in [5.41, 5.74) is 0. The normalized spacial score (nSPS) is 13.1. The SMILES string of the molecule is CCCCCCCCCCCCCCCCCCC(=O)OC(CCCCCCCCCCCCCCCC)CC(=O)NC(CO)C(O)CCCCCCCCCCCC. The zero-order valence-electron chi connectivity index (χ0n) is 40.2. The Hall–Kier alpha value is -1.14. The number of hydrogen-bond acceptors (Lipinski definition) is 5. The van der Waals surface area contributed by atoms with Crippen molar-refractivity contribution in [3.8, 4) is 0 Å². The largest absolute Gasteiger partial charge is 0.462 e. The fourth-order valence-corrected chi connectivity index (χ4v) is 8.61. The fraction of sp³-hybridized carbons (Fsp3) is 0.962. The molecule has 0 fully saturated rings. The second kappa shape index (κ2) is 47.9. The van der Waals surface area contributed by atoms with Gasteiger partial charge in [-0.1, -0.05) is 265 Å². The minimum atomic E-state index is -0.778. The number of amides is 1. The van der Waals surface area contributed by atoms with Crippen molar-refractivity contribution in [3.05, 3.63) is 0 Å². The first kappa shape index (κ1) is 57.9. The van der Waals surface area contributed by atoms with Crippen LogP contribution in [0.5, 0.6) is 0 Å². The Kier molecular flexibility index (Phi) is 47.0. The van der Waals surface area contributed by atoms with Crippen molar-refractivity contribution >= 4 is 11.9 Å². The molecule has 0 aromatic rings. The Bertz CT molecular complexity index is 852. The Labute approximate surface area is 368 Å². The van der Waals surface area contributed by atoms with E-state index in [1.807, 2.05) is 0 Å². The molecule has 3 unspecified atom stereocenters. The number of aliphatic hydroxyl groups excluding tert-OH is 2. The van der Waals surface area contributed by atoms with Crippen LogP contribution in [0.2, 0.25) is 0 Å². The molecule has 0 aromatic carbocycles. The van der Waals surface area contributed by atoms with E-state index in [-0.39, 0.29) is 24.9 Å². The number of aliphatic hydroxyl groups is 2. The first-order valence-corrected chi connectivity index (χ1v) is 26.8. The van der Waals surface area contributed by atoms with Crippen molar-refractivity contribution in [3.63, 3.8) is 0 Å². The van der Waals surface area contributed by atoms with Crippen molar-refractivity contribution < 1.29 is 24.5 Å². The van der Waals surface area contributed by atoms with Gasteiger partial charge in [-0.15, -0.1) is 0 Å². The maximum absolute atomic E-state index is 13.2. The Morgan fingerprint density at radius 1 is 0.424 bits per heavy atom. The quantitative estimate of drug-likeness (QED) is 0.0419. The molecule has 0 bridgehead atoms. The molecule has 59 heavy (non-hydrogen) atoms. The molecule has 3 atom stereocenters. The van der Waals surface area contributed by atoms with E-state index in [1.54, 1.807) is 0 Å². The summed E-state index contributed by atoms with van der Waals surface area (Å²) in [6, 6.07) is -0.691. The molecule has 6 heteroatoms. The van der Waals surface area contributed by atoms with E-state index in [1.165, 1.54) is 218 Å². The summed E-state index contributed by atoms with van der Waals surface area (Å²) < 4.78 is 5.95. The van der Waals surface area contributed by atoms with Gasteiger partial charge in [-0.2, -0.15) is 0 Å². The van der Waals surface area contributed by atoms with Gasteiger partial charge >= 0.3 is 5.97 Å². The summed E-state index contributed by atoms with van der Waals surface area (Å²) in [6.45, 7) is 6.51. The molecule has 0 saturated carbocycles. The summed E-state index contributed by atoms with van der Waals surface area (Å²) in [7, 11) is 0. The van der Waals surface area contributed by atoms with Crippen molar-refractivity contribution in [2.45, 2.75) is 322 Å². The highest BCUT2D eigenvalue weighted by molar-refractivity contribution is 5.77. The number of ether oxygens (including phenoxy) is 1. The van der Waals surface area contributed by atoms with Crippen LogP contribution in [0.1, 0.15) is 303 Å². The zero-order chi connectivity index (χ0) is 43.1. The van der Waals surface area contributed by atoms with Crippen LogP contribution >= 0.6 is 0 Å². The van der Waals surface area contributed by atoms with E-state index in [0.29, 0.717) is 19.3 Å². The Balaban J connectivity index is 4.49. The second-order valence-electron chi connectivity index (χ2n) is 18.6. The van der Waals surface area contributed by atoms with Gasteiger partial charge in [-0.25, -0.2) is 0 Å². The Morgan fingerprint density at radius 3 is 1.03 bits per heavy atom. The smallest absolute Gasteiger partial charge is 0.306 e. The molecule has 0 aliphatic carbocycles. The minimum Gasteiger partial charge on any atom is -0.462 e. The van der Waals surface area contributed by atoms with Gasteiger partial charge in [-0.05, 0) is 25.7 Å². The third kappa shape index (κ3) is 43.3. The maximum atomic E-state index is 13.2. The molecular formula is C53H105NO5. The third-order valence-electron chi connectivity index (χ3n) is 12.7. The second-order valence-corrected chi connectivity index (χ2v) is 18.6. The van der Waals surface area contributed by atoms with Crippen LogP contribution < -0.4 is 5.32 Å². The third-order valence-corrected chi connectivity index (χ3v) is 12.7. The topological polar surface area (TPSA) is 95.9 Å². The minimum absolute atomic E-state index is 0.0879. The maximum Gasteiger partial charge on any atom is 0.306 e. The van der Waals surface area contributed by atoms with E-state index >= 15 is 0 Å². The van der Waals surface area contributed by atoms with Gasteiger partial charge in [0.25, 0.3) is 0 Å². The summed E-state index contributed by atoms with van der Waals surface area (Å²) in [4.78, 5) is 26.1. The van der Waals surface area contributed by atoms with E-state index in [9.17, 15) is 19.8 Å². The van der Waals surface area contributed by atoms with Gasteiger partial charge in [0.15, 0.2) is 0 Å². The van der Waals surface area contributed by atoms with Gasteiger partial charge in [0.05, 0.1) is 25.2 Å². The van der Waals surface area contributed by atoms with Crippen molar-refractivity contribution in [1.82, 2.24) is 5.32 Å². The highest BCUT2D eigenvalue weighted by atomic mass is 16.5. The van der Waals surface area contributed by atoms with Gasteiger partial charge in [0, 0.05) is 6.42 Å². The van der Waals surface area contributed by atoms with Crippen LogP contribution in [0, 0.1) is 0 Å². The van der Waals surface area contributed by atoms with Gasteiger partial charge < -0.3 is 20.3 Å². The molecule has 1 amide bonds. The van der Waals surface area contributed by atoms with Crippen molar-refractivity contribution in [2.24, 2.45) is 0 Å². The fourth-order valence-electron chi connectivity index (χ4n) is 8.61. The monoisotopic (exact) mass is 836 g/mol. The number of carbonyl (C=O) groups excluding carboxylic acids is 2. The van der Waals surface area contributed by atoms with Crippen LogP contribution in [0.15, 0.2) is 0 Å². The average Bonchev–Trinajstić information content (AvgIpc) is 3.23. The van der Waals surface area contributed by atoms with Crippen molar-refractivity contribution in [2.75, 3.05) is 6.61 Å². The predicted octanol–water partition coefficient (Wildman–Crippen LogP) is 16.0. The van der Waals surface area contributed by atoms with Crippen LogP contribution in [-0.4, -0.2) is 46.9 Å². The number of unbranched alkanes of at least 4 members (excludes halogenated alkanes) is 37. The highest BCUT2D eigenvalue weighted by Crippen LogP contribution is 2.19. The molecule has 0 heterocycles. The molecule has 0 aliphatic rings. The lowest BCUT2D eigenvalue weighted by molar-refractivity contribution is -0.151. The summed E-state index contributed by atoms with van der Waals surface area (Å²) in [5, 5.41) is 23.7. The first-order chi connectivity index (χ1) is 29.0. The number of carbonyl (C=O) groups is 2. The average molecular weight is 836 g/mol.